The summed E-state index contributed by atoms with van der Waals surface area (Å²) in [4.78, 5) is 14.3. The van der Waals surface area contributed by atoms with Crippen LogP contribution in [-0.2, 0) is 4.79 Å². The number of hydrogen-bond donors (Lipinski definition) is 1. The zero-order valence-electron chi connectivity index (χ0n) is 12.6. The molecule has 4 nitrogen and oxygen atoms in total. The van der Waals surface area contributed by atoms with E-state index in [9.17, 15) is 4.79 Å². The largest absolute Gasteiger partial charge is 0.468 e. The van der Waals surface area contributed by atoms with Crippen molar-refractivity contribution in [3.63, 3.8) is 0 Å². The molecule has 0 radical (unpaired) electrons. The van der Waals surface area contributed by atoms with Crippen LogP contribution in [0.5, 0.6) is 0 Å². The van der Waals surface area contributed by atoms with Gasteiger partial charge in [-0.05, 0) is 44.0 Å². The van der Waals surface area contributed by atoms with Crippen molar-refractivity contribution in [1.29, 1.82) is 0 Å². The van der Waals surface area contributed by atoms with Crippen LogP contribution in [0.15, 0.2) is 22.8 Å². The van der Waals surface area contributed by atoms with Gasteiger partial charge in [0.05, 0.1) is 12.3 Å². The Morgan fingerprint density at radius 3 is 2.70 bits per heavy atom. The van der Waals surface area contributed by atoms with Crippen LogP contribution in [0.4, 0.5) is 0 Å². The van der Waals surface area contributed by atoms with E-state index in [1.807, 2.05) is 12.1 Å². The highest BCUT2D eigenvalue weighted by Crippen LogP contribution is 2.24. The minimum atomic E-state index is 0.133. The van der Waals surface area contributed by atoms with Gasteiger partial charge < -0.3 is 9.73 Å². The summed E-state index contributed by atoms with van der Waals surface area (Å²) in [6, 6.07) is 4.09. The number of amides is 1. The molecule has 1 amide bonds. The highest BCUT2D eigenvalue weighted by Gasteiger charge is 2.24. The zero-order valence-corrected chi connectivity index (χ0v) is 12.6. The summed E-state index contributed by atoms with van der Waals surface area (Å²) >= 11 is 0. The molecule has 1 atom stereocenters. The lowest BCUT2D eigenvalue weighted by atomic mass is 10.1. The summed E-state index contributed by atoms with van der Waals surface area (Å²) < 4.78 is 5.57. The Hall–Kier alpha value is -1.29. The van der Waals surface area contributed by atoms with Crippen LogP contribution in [0.2, 0.25) is 0 Å². The number of carbonyl (C=O) groups excluding carboxylic acids is 1. The number of nitrogens with zero attached hydrogens (tertiary/aromatic N) is 1. The molecule has 0 bridgehead atoms. The molecule has 1 aliphatic rings. The van der Waals surface area contributed by atoms with Gasteiger partial charge in [0.15, 0.2) is 0 Å². The van der Waals surface area contributed by atoms with Gasteiger partial charge >= 0.3 is 0 Å². The molecule has 4 heteroatoms. The van der Waals surface area contributed by atoms with Gasteiger partial charge in [0.2, 0.25) is 5.91 Å². The van der Waals surface area contributed by atoms with E-state index in [1.54, 1.807) is 6.26 Å². The lowest BCUT2D eigenvalue weighted by Gasteiger charge is -2.33. The molecule has 2 rings (SSSR count). The van der Waals surface area contributed by atoms with Crippen LogP contribution in [0, 0.1) is 5.92 Å². The smallest absolute Gasteiger partial charge is 0.220 e. The molecule has 2 heterocycles. The van der Waals surface area contributed by atoms with Gasteiger partial charge in [0, 0.05) is 13.0 Å². The van der Waals surface area contributed by atoms with Crippen LogP contribution >= 0.6 is 0 Å². The quantitative estimate of drug-likeness (QED) is 0.870. The third-order valence-corrected chi connectivity index (χ3v) is 3.79. The summed E-state index contributed by atoms with van der Waals surface area (Å²) in [5.41, 5.74) is 0. The molecule has 112 valence electrons. The third-order valence-electron chi connectivity index (χ3n) is 3.79. The van der Waals surface area contributed by atoms with E-state index in [4.69, 9.17) is 4.42 Å². The highest BCUT2D eigenvalue weighted by molar-refractivity contribution is 5.76. The first-order valence-corrected chi connectivity index (χ1v) is 7.71. The van der Waals surface area contributed by atoms with Gasteiger partial charge in [-0.3, -0.25) is 9.69 Å². The van der Waals surface area contributed by atoms with Gasteiger partial charge in [-0.2, -0.15) is 0 Å². The third kappa shape index (κ3) is 4.37. The number of likely N-dealkylation sites (tertiary alicyclic amines) is 1. The van der Waals surface area contributed by atoms with Gasteiger partial charge in [0.25, 0.3) is 0 Å². The van der Waals surface area contributed by atoms with E-state index < -0.39 is 0 Å². The second-order valence-corrected chi connectivity index (χ2v) is 6.03. The van der Waals surface area contributed by atoms with E-state index in [1.165, 1.54) is 19.3 Å². The Labute approximate surface area is 121 Å². The Morgan fingerprint density at radius 2 is 2.10 bits per heavy atom. The highest BCUT2D eigenvalue weighted by atomic mass is 16.3. The SMILES string of the molecule is CC(C)CC(=O)NCC(c1ccco1)N1CCCCC1. The van der Waals surface area contributed by atoms with Gasteiger partial charge in [0.1, 0.15) is 5.76 Å². The van der Waals surface area contributed by atoms with E-state index in [0.717, 1.165) is 18.8 Å². The molecule has 20 heavy (non-hydrogen) atoms. The molecule has 1 unspecified atom stereocenters. The molecule has 0 aliphatic carbocycles. The van der Waals surface area contributed by atoms with Gasteiger partial charge in [-0.15, -0.1) is 0 Å². The first-order chi connectivity index (χ1) is 9.66. The van der Waals surface area contributed by atoms with E-state index in [-0.39, 0.29) is 11.9 Å². The van der Waals surface area contributed by atoms with Gasteiger partial charge in [-0.25, -0.2) is 0 Å². The topological polar surface area (TPSA) is 45.5 Å². The number of hydrogen-bond acceptors (Lipinski definition) is 3. The van der Waals surface area contributed by atoms with Crippen LogP contribution < -0.4 is 5.32 Å². The maximum absolute atomic E-state index is 11.9. The molecular weight excluding hydrogens is 252 g/mol. The molecule has 1 aliphatic heterocycles. The van der Waals surface area contributed by atoms with Gasteiger partial charge in [-0.1, -0.05) is 20.3 Å². The predicted octanol–water partition coefficient (Wildman–Crippen LogP) is 2.97. The predicted molar refractivity (Wildman–Crippen MR) is 79.3 cm³/mol. The molecule has 0 aromatic carbocycles. The van der Waals surface area contributed by atoms with Crippen molar-refractivity contribution in [1.82, 2.24) is 10.2 Å². The average Bonchev–Trinajstić information content (AvgIpc) is 2.93. The Bertz CT molecular complexity index is 395. The van der Waals surface area contributed by atoms with Crippen LogP contribution in [-0.4, -0.2) is 30.4 Å². The fraction of sp³-hybridized carbons (Fsp3) is 0.688. The summed E-state index contributed by atoms with van der Waals surface area (Å²) in [5.74, 6) is 1.48. The Morgan fingerprint density at radius 1 is 1.35 bits per heavy atom. The van der Waals surface area contributed by atoms with Crippen molar-refractivity contribution in [2.24, 2.45) is 5.92 Å². The van der Waals surface area contributed by atoms with Crippen molar-refractivity contribution < 1.29 is 9.21 Å². The first kappa shape index (κ1) is 15.1. The minimum absolute atomic E-state index is 0.133. The van der Waals surface area contributed by atoms with Crippen LogP contribution in [0.3, 0.4) is 0 Å². The number of rotatable bonds is 6. The monoisotopic (exact) mass is 278 g/mol. The molecule has 1 N–H and O–H groups in total. The standard InChI is InChI=1S/C16H26N2O2/c1-13(2)11-16(19)17-12-14(15-7-6-10-20-15)18-8-4-3-5-9-18/h6-7,10,13-14H,3-5,8-9,11-12H2,1-2H3,(H,17,19). The summed E-state index contributed by atoms with van der Waals surface area (Å²) in [6.07, 6.45) is 6.07. The number of carbonyl (C=O) groups is 1. The maximum atomic E-state index is 11.9. The van der Waals surface area contributed by atoms with Crippen molar-refractivity contribution in [3.8, 4) is 0 Å². The normalized spacial score (nSPS) is 18.1. The average molecular weight is 278 g/mol. The van der Waals surface area contributed by atoms with Crippen LogP contribution in [0.25, 0.3) is 0 Å². The van der Waals surface area contributed by atoms with E-state index >= 15 is 0 Å². The lowest BCUT2D eigenvalue weighted by Crippen LogP contribution is -2.40. The Balaban J connectivity index is 1.94. The molecule has 1 aromatic rings. The van der Waals surface area contributed by atoms with E-state index in [2.05, 4.69) is 24.1 Å². The second-order valence-electron chi connectivity index (χ2n) is 6.03. The minimum Gasteiger partial charge on any atom is -0.468 e. The van der Waals surface area contributed by atoms with Crippen LogP contribution in [0.1, 0.15) is 51.3 Å². The van der Waals surface area contributed by atoms with E-state index in [0.29, 0.717) is 18.9 Å². The molecule has 1 fully saturated rings. The second kappa shape index (κ2) is 7.48. The van der Waals surface area contributed by atoms with Crippen molar-refractivity contribution >= 4 is 5.91 Å². The number of nitrogens with one attached hydrogen (secondary N) is 1. The van der Waals surface area contributed by atoms with Crippen molar-refractivity contribution in [2.75, 3.05) is 19.6 Å². The molecular formula is C16H26N2O2. The maximum Gasteiger partial charge on any atom is 0.220 e. The molecule has 1 saturated heterocycles. The fourth-order valence-electron chi connectivity index (χ4n) is 2.77. The summed E-state index contributed by atoms with van der Waals surface area (Å²) in [7, 11) is 0. The number of furan rings is 1. The summed E-state index contributed by atoms with van der Waals surface area (Å²) in [5, 5.41) is 3.06. The zero-order chi connectivity index (χ0) is 14.4. The van der Waals surface area contributed by atoms with Crippen molar-refractivity contribution in [3.05, 3.63) is 24.2 Å². The Kier molecular flexibility index (Phi) is 5.65. The molecule has 0 spiro atoms. The number of piperidine rings is 1. The molecule has 1 aromatic heterocycles. The van der Waals surface area contributed by atoms with Crippen molar-refractivity contribution in [2.45, 2.75) is 45.6 Å². The lowest BCUT2D eigenvalue weighted by molar-refractivity contribution is -0.122. The summed E-state index contributed by atoms with van der Waals surface area (Å²) in [6.45, 7) is 6.94. The molecule has 0 saturated carbocycles. The fourth-order valence-corrected chi connectivity index (χ4v) is 2.77. The first-order valence-electron chi connectivity index (χ1n) is 7.71.